The highest BCUT2D eigenvalue weighted by molar-refractivity contribution is 6.13. The van der Waals surface area contributed by atoms with Gasteiger partial charge < -0.3 is 25.0 Å². The highest BCUT2D eigenvalue weighted by Crippen LogP contribution is 2.33. The van der Waals surface area contributed by atoms with Gasteiger partial charge in [-0.1, -0.05) is 6.42 Å². The number of fused-ring (bicyclic) bond motifs is 1. The van der Waals surface area contributed by atoms with E-state index in [0.717, 1.165) is 31.9 Å². The molecule has 164 valence electrons. The maximum absolute atomic E-state index is 14.0. The Morgan fingerprint density at radius 3 is 2.77 bits per heavy atom. The number of nitrogens with one attached hydrogen (secondary N) is 1. The number of furan rings is 2. The van der Waals surface area contributed by atoms with E-state index >= 15 is 0 Å². The molecule has 1 aliphatic heterocycles. The number of hydrogen-bond acceptors (Lipinski definition) is 6. The van der Waals surface area contributed by atoms with Gasteiger partial charge >= 0.3 is 0 Å². The summed E-state index contributed by atoms with van der Waals surface area (Å²) in [5, 5.41) is 11.8. The average Bonchev–Trinajstić information content (AvgIpc) is 3.34. The lowest BCUT2D eigenvalue weighted by atomic mass is 10.0. The Kier molecular flexibility index (Phi) is 5.75. The minimum Gasteiger partial charge on any atom is -0.455 e. The summed E-state index contributed by atoms with van der Waals surface area (Å²) in [6.07, 6.45) is 2.96. The van der Waals surface area contributed by atoms with E-state index in [4.69, 9.17) is 14.6 Å². The number of aliphatic hydroxyl groups is 1. The minimum absolute atomic E-state index is 0.0383. The number of carbonyl (C=O) groups excluding carboxylic acids is 2. The van der Waals surface area contributed by atoms with E-state index < -0.39 is 34.8 Å². The molecule has 3 heterocycles. The van der Waals surface area contributed by atoms with E-state index in [1.807, 2.05) is 0 Å². The zero-order chi connectivity index (χ0) is 22.1. The molecule has 0 radical (unpaired) electrons. The van der Waals surface area contributed by atoms with Crippen LogP contribution in [-0.4, -0.2) is 41.0 Å². The van der Waals surface area contributed by atoms with E-state index in [1.165, 1.54) is 6.07 Å². The fraction of sp³-hybridized carbons (Fsp3) is 0.333. The number of hydrogen-bond donors (Lipinski definition) is 3. The highest BCUT2D eigenvalue weighted by atomic mass is 19.1. The van der Waals surface area contributed by atoms with Crippen LogP contribution < -0.4 is 11.1 Å². The predicted octanol–water partition coefficient (Wildman–Crippen LogP) is 3.00. The lowest BCUT2D eigenvalue weighted by Gasteiger charge is -2.33. The van der Waals surface area contributed by atoms with Crippen LogP contribution in [0.25, 0.3) is 11.0 Å². The van der Waals surface area contributed by atoms with Crippen molar-refractivity contribution >= 4 is 28.5 Å². The van der Waals surface area contributed by atoms with Gasteiger partial charge in [-0.15, -0.1) is 0 Å². The highest BCUT2D eigenvalue weighted by Gasteiger charge is 2.26. The first kappa shape index (κ1) is 21.0. The molecule has 0 spiro atoms. The maximum atomic E-state index is 14.0. The zero-order valence-corrected chi connectivity index (χ0v) is 16.5. The van der Waals surface area contributed by atoms with Crippen molar-refractivity contribution < 1.29 is 32.3 Å². The third-order valence-electron chi connectivity index (χ3n) is 5.38. The number of halogens is 2. The van der Waals surface area contributed by atoms with E-state index in [1.54, 1.807) is 6.07 Å². The van der Waals surface area contributed by atoms with Gasteiger partial charge in [0.1, 0.15) is 17.3 Å². The van der Waals surface area contributed by atoms with Gasteiger partial charge in [0.25, 0.3) is 11.8 Å². The van der Waals surface area contributed by atoms with Gasteiger partial charge in [-0.05, 0) is 37.6 Å². The average molecular weight is 433 g/mol. The van der Waals surface area contributed by atoms with Crippen LogP contribution in [-0.2, 0) is 6.54 Å². The molecular formula is C21H21F2N3O5. The van der Waals surface area contributed by atoms with Crippen molar-refractivity contribution in [1.29, 1.82) is 0 Å². The number of carbonyl (C=O) groups is 2. The van der Waals surface area contributed by atoms with E-state index in [0.29, 0.717) is 18.4 Å². The van der Waals surface area contributed by atoms with E-state index in [-0.39, 0.29) is 29.5 Å². The molecule has 1 unspecified atom stereocenters. The minimum atomic E-state index is -1.05. The number of rotatable bonds is 6. The molecule has 10 heteroatoms. The monoisotopic (exact) mass is 433 g/mol. The molecule has 2 amide bonds. The van der Waals surface area contributed by atoms with Gasteiger partial charge in [0.2, 0.25) is 5.76 Å². The van der Waals surface area contributed by atoms with Crippen molar-refractivity contribution in [3.8, 4) is 0 Å². The Hall–Kier alpha value is -3.24. The number of nitrogens with two attached hydrogens (primary N) is 1. The molecule has 1 saturated heterocycles. The van der Waals surface area contributed by atoms with Crippen molar-refractivity contribution in [2.24, 2.45) is 5.73 Å². The summed E-state index contributed by atoms with van der Waals surface area (Å²) in [4.78, 5) is 26.5. The van der Waals surface area contributed by atoms with Gasteiger partial charge in [0.15, 0.2) is 17.2 Å². The smallest absolute Gasteiger partial charge is 0.291 e. The van der Waals surface area contributed by atoms with Crippen LogP contribution in [0.1, 0.15) is 46.1 Å². The summed E-state index contributed by atoms with van der Waals surface area (Å²) in [6, 6.07) is 4.66. The number of nitrogens with zero attached hydrogens (tertiary/aromatic N) is 1. The molecule has 3 aromatic rings. The Balaban J connectivity index is 1.57. The number of anilines is 1. The maximum Gasteiger partial charge on any atom is 0.291 e. The molecule has 4 N–H and O–H groups in total. The largest absolute Gasteiger partial charge is 0.455 e. The van der Waals surface area contributed by atoms with E-state index in [2.05, 4.69) is 10.2 Å². The second-order valence-electron chi connectivity index (χ2n) is 7.46. The molecule has 31 heavy (non-hydrogen) atoms. The molecule has 2 aromatic heterocycles. The van der Waals surface area contributed by atoms with Crippen LogP contribution in [0.2, 0.25) is 0 Å². The molecule has 1 atom stereocenters. The first-order chi connectivity index (χ1) is 14.9. The van der Waals surface area contributed by atoms with E-state index in [9.17, 15) is 23.5 Å². The van der Waals surface area contributed by atoms with Gasteiger partial charge in [0, 0.05) is 12.1 Å². The second kappa shape index (κ2) is 8.48. The summed E-state index contributed by atoms with van der Waals surface area (Å²) >= 11 is 0. The second-order valence-corrected chi connectivity index (χ2v) is 7.46. The molecule has 0 saturated carbocycles. The number of amides is 2. The third-order valence-corrected chi connectivity index (χ3v) is 5.38. The Morgan fingerprint density at radius 2 is 2.03 bits per heavy atom. The number of piperidine rings is 1. The summed E-state index contributed by atoms with van der Waals surface area (Å²) in [5.74, 6) is -3.76. The van der Waals surface area contributed by atoms with Gasteiger partial charge in [-0.2, -0.15) is 0 Å². The van der Waals surface area contributed by atoms with Crippen LogP contribution >= 0.6 is 0 Å². The van der Waals surface area contributed by atoms with Crippen LogP contribution in [0.3, 0.4) is 0 Å². The van der Waals surface area contributed by atoms with Crippen molar-refractivity contribution in [3.63, 3.8) is 0 Å². The SMILES string of the molecule is NC(=O)c1oc2c(F)cc(F)cc2c1NC(=O)c1ccc(CN2CCCCC2CO)o1. The topological polar surface area (TPSA) is 122 Å². The lowest BCUT2D eigenvalue weighted by Crippen LogP contribution is -2.41. The molecule has 4 rings (SSSR count). The zero-order valence-electron chi connectivity index (χ0n) is 16.5. The third kappa shape index (κ3) is 4.17. The molecular weight excluding hydrogens is 412 g/mol. The molecule has 1 fully saturated rings. The molecule has 0 aliphatic carbocycles. The fourth-order valence-electron chi connectivity index (χ4n) is 3.86. The van der Waals surface area contributed by atoms with Crippen LogP contribution in [0.15, 0.2) is 33.1 Å². The number of likely N-dealkylation sites (tertiary alicyclic amines) is 1. The lowest BCUT2D eigenvalue weighted by molar-refractivity contribution is 0.0773. The Morgan fingerprint density at radius 1 is 1.23 bits per heavy atom. The van der Waals surface area contributed by atoms with Gasteiger partial charge in [-0.25, -0.2) is 8.78 Å². The number of primary amides is 1. The van der Waals surface area contributed by atoms with Crippen LogP contribution in [0, 0.1) is 11.6 Å². The van der Waals surface area contributed by atoms with Crippen molar-refractivity contribution in [2.45, 2.75) is 31.8 Å². The van der Waals surface area contributed by atoms with Crippen molar-refractivity contribution in [3.05, 3.63) is 53.2 Å². The predicted molar refractivity (Wildman–Crippen MR) is 106 cm³/mol. The van der Waals surface area contributed by atoms with Crippen LogP contribution in [0.4, 0.5) is 14.5 Å². The molecule has 1 aromatic carbocycles. The number of aliphatic hydroxyl groups excluding tert-OH is 1. The normalized spacial score (nSPS) is 17.2. The van der Waals surface area contributed by atoms with Crippen molar-refractivity contribution in [1.82, 2.24) is 4.90 Å². The first-order valence-corrected chi connectivity index (χ1v) is 9.83. The van der Waals surface area contributed by atoms with Crippen molar-refractivity contribution in [2.75, 3.05) is 18.5 Å². The summed E-state index contributed by atoms with van der Waals surface area (Å²) in [6.45, 7) is 1.29. The van der Waals surface area contributed by atoms with Crippen LogP contribution in [0.5, 0.6) is 0 Å². The van der Waals surface area contributed by atoms with Gasteiger partial charge in [0.05, 0.1) is 18.5 Å². The fourth-order valence-corrected chi connectivity index (χ4v) is 3.86. The standard InChI is InChI=1S/C21H21F2N3O5/c22-11-7-14-17(19(20(24)28)31-18(14)15(23)8-11)25-21(29)16-5-4-13(30-16)9-26-6-2-1-3-12(26)10-27/h4-5,7-8,12,27H,1-3,6,9-10H2,(H2,24,28)(H,25,29). The Bertz CT molecular complexity index is 1140. The summed E-state index contributed by atoms with van der Waals surface area (Å²) < 4.78 is 38.4. The Labute approximate surface area is 175 Å². The molecule has 1 aliphatic rings. The van der Waals surface area contributed by atoms with Gasteiger partial charge in [-0.3, -0.25) is 14.5 Å². The first-order valence-electron chi connectivity index (χ1n) is 9.83. The number of benzene rings is 1. The summed E-state index contributed by atoms with van der Waals surface area (Å²) in [7, 11) is 0. The quantitative estimate of drug-likeness (QED) is 0.549. The molecule has 8 nitrogen and oxygen atoms in total. The molecule has 0 bridgehead atoms. The summed E-state index contributed by atoms with van der Waals surface area (Å²) in [5.41, 5.74) is 4.63.